The normalized spacial score (nSPS) is 9.86. The maximum absolute atomic E-state index is 10.6. The van der Waals surface area contributed by atoms with E-state index in [0.717, 1.165) is 5.56 Å². The molecule has 0 fully saturated rings. The standard InChI is InChI=1S/C9H12N2O3/c1-14-9-7(5-6-10)3-2-4-8(9)11(12)13/h2-4H,5-6,10H2,1H3. The van der Waals surface area contributed by atoms with Gasteiger partial charge in [-0.3, -0.25) is 10.1 Å². The van der Waals surface area contributed by atoms with E-state index in [1.54, 1.807) is 12.1 Å². The minimum atomic E-state index is -0.459. The molecule has 1 aromatic carbocycles. The first-order valence-corrected chi connectivity index (χ1v) is 4.21. The lowest BCUT2D eigenvalue weighted by Crippen LogP contribution is -2.05. The number of nitro benzene ring substituents is 1. The van der Waals surface area contributed by atoms with Crippen molar-refractivity contribution in [3.05, 3.63) is 33.9 Å². The number of nitrogens with two attached hydrogens (primary N) is 1. The quantitative estimate of drug-likeness (QED) is 0.577. The average molecular weight is 196 g/mol. The van der Waals surface area contributed by atoms with Crippen molar-refractivity contribution in [1.82, 2.24) is 0 Å². The van der Waals surface area contributed by atoms with Crippen LogP contribution in [-0.2, 0) is 6.42 Å². The van der Waals surface area contributed by atoms with Crippen molar-refractivity contribution in [1.29, 1.82) is 0 Å². The molecule has 5 nitrogen and oxygen atoms in total. The van der Waals surface area contributed by atoms with E-state index in [1.807, 2.05) is 0 Å². The SMILES string of the molecule is COc1c(CCN)cccc1[N+](=O)[O-]. The molecule has 0 bridgehead atoms. The van der Waals surface area contributed by atoms with E-state index in [1.165, 1.54) is 13.2 Å². The summed E-state index contributed by atoms with van der Waals surface area (Å²) in [5, 5.41) is 10.6. The molecule has 0 spiro atoms. The van der Waals surface area contributed by atoms with Crippen LogP contribution >= 0.6 is 0 Å². The van der Waals surface area contributed by atoms with Crippen LogP contribution in [0.3, 0.4) is 0 Å². The highest BCUT2D eigenvalue weighted by molar-refractivity contribution is 5.51. The number of methoxy groups -OCH3 is 1. The van der Waals surface area contributed by atoms with E-state index >= 15 is 0 Å². The lowest BCUT2D eigenvalue weighted by atomic mass is 10.1. The maximum atomic E-state index is 10.6. The van der Waals surface area contributed by atoms with Gasteiger partial charge in [-0.25, -0.2) is 0 Å². The number of ether oxygens (including phenoxy) is 1. The number of rotatable bonds is 4. The number of benzene rings is 1. The smallest absolute Gasteiger partial charge is 0.311 e. The Bertz CT molecular complexity index is 339. The van der Waals surface area contributed by atoms with Gasteiger partial charge in [-0.15, -0.1) is 0 Å². The zero-order valence-electron chi connectivity index (χ0n) is 7.90. The molecule has 14 heavy (non-hydrogen) atoms. The molecule has 0 aromatic heterocycles. The van der Waals surface area contributed by atoms with Crippen LogP contribution in [0.1, 0.15) is 5.56 Å². The Hall–Kier alpha value is -1.62. The van der Waals surface area contributed by atoms with Crippen molar-refractivity contribution in [3.63, 3.8) is 0 Å². The Labute approximate surface area is 81.6 Å². The fourth-order valence-corrected chi connectivity index (χ4v) is 1.30. The van der Waals surface area contributed by atoms with Gasteiger partial charge in [-0.05, 0) is 13.0 Å². The summed E-state index contributed by atoms with van der Waals surface area (Å²) in [6.45, 7) is 0.442. The van der Waals surface area contributed by atoms with Crippen molar-refractivity contribution >= 4 is 5.69 Å². The van der Waals surface area contributed by atoms with Gasteiger partial charge >= 0.3 is 5.69 Å². The molecule has 0 atom stereocenters. The molecular weight excluding hydrogens is 184 g/mol. The predicted molar refractivity (Wildman–Crippen MR) is 52.4 cm³/mol. The third kappa shape index (κ3) is 2.00. The molecule has 76 valence electrons. The monoisotopic (exact) mass is 196 g/mol. The number of hydrogen-bond acceptors (Lipinski definition) is 4. The minimum absolute atomic E-state index is 0.0153. The van der Waals surface area contributed by atoms with Gasteiger partial charge in [0.2, 0.25) is 0 Å². The fourth-order valence-electron chi connectivity index (χ4n) is 1.30. The second-order valence-corrected chi connectivity index (χ2v) is 2.77. The highest BCUT2D eigenvalue weighted by Gasteiger charge is 2.17. The molecular formula is C9H12N2O3. The zero-order valence-corrected chi connectivity index (χ0v) is 7.90. The fraction of sp³-hybridized carbons (Fsp3) is 0.333. The summed E-state index contributed by atoms with van der Waals surface area (Å²) in [7, 11) is 1.42. The van der Waals surface area contributed by atoms with E-state index in [9.17, 15) is 10.1 Å². The Morgan fingerprint density at radius 2 is 2.29 bits per heavy atom. The molecule has 1 rings (SSSR count). The third-order valence-corrected chi connectivity index (χ3v) is 1.89. The summed E-state index contributed by atoms with van der Waals surface area (Å²) in [5.74, 6) is 0.308. The van der Waals surface area contributed by atoms with Crippen LogP contribution in [0.5, 0.6) is 5.75 Å². The first kappa shape index (κ1) is 10.5. The van der Waals surface area contributed by atoms with Gasteiger partial charge < -0.3 is 10.5 Å². The van der Waals surface area contributed by atoms with Crippen LogP contribution in [0, 0.1) is 10.1 Å². The first-order valence-electron chi connectivity index (χ1n) is 4.21. The van der Waals surface area contributed by atoms with Gasteiger partial charge in [0, 0.05) is 11.6 Å². The molecule has 0 unspecified atom stereocenters. The molecule has 0 aliphatic rings. The van der Waals surface area contributed by atoms with Gasteiger partial charge in [-0.1, -0.05) is 12.1 Å². The summed E-state index contributed by atoms with van der Waals surface area (Å²) in [6, 6.07) is 4.82. The summed E-state index contributed by atoms with van der Waals surface area (Å²) in [5.41, 5.74) is 6.14. The van der Waals surface area contributed by atoms with Crippen LogP contribution in [-0.4, -0.2) is 18.6 Å². The Morgan fingerprint density at radius 3 is 2.79 bits per heavy atom. The number of nitrogens with zero attached hydrogens (tertiary/aromatic N) is 1. The Morgan fingerprint density at radius 1 is 1.57 bits per heavy atom. The van der Waals surface area contributed by atoms with E-state index < -0.39 is 4.92 Å². The summed E-state index contributed by atoms with van der Waals surface area (Å²) in [4.78, 5) is 10.2. The van der Waals surface area contributed by atoms with Crippen LogP contribution in [0.2, 0.25) is 0 Å². The Balaban J connectivity index is 3.17. The molecule has 0 radical (unpaired) electrons. The van der Waals surface area contributed by atoms with E-state index in [0.29, 0.717) is 18.7 Å². The van der Waals surface area contributed by atoms with Crippen molar-refractivity contribution in [3.8, 4) is 5.75 Å². The largest absolute Gasteiger partial charge is 0.490 e. The van der Waals surface area contributed by atoms with Gasteiger partial charge in [0.1, 0.15) is 0 Å². The predicted octanol–water partition coefficient (Wildman–Crippen LogP) is 1.10. The van der Waals surface area contributed by atoms with Crippen molar-refractivity contribution < 1.29 is 9.66 Å². The molecule has 0 saturated heterocycles. The summed E-state index contributed by atoms with van der Waals surface area (Å²) < 4.78 is 4.99. The van der Waals surface area contributed by atoms with E-state index in [4.69, 9.17) is 10.5 Å². The number of para-hydroxylation sites is 1. The molecule has 1 aromatic rings. The highest BCUT2D eigenvalue weighted by atomic mass is 16.6. The third-order valence-electron chi connectivity index (χ3n) is 1.89. The van der Waals surface area contributed by atoms with E-state index in [-0.39, 0.29) is 5.69 Å². The lowest BCUT2D eigenvalue weighted by Gasteiger charge is -2.06. The molecule has 0 amide bonds. The zero-order chi connectivity index (χ0) is 10.6. The van der Waals surface area contributed by atoms with Gasteiger partial charge in [0.15, 0.2) is 5.75 Å². The van der Waals surface area contributed by atoms with Crippen molar-refractivity contribution in [2.75, 3.05) is 13.7 Å². The second-order valence-electron chi connectivity index (χ2n) is 2.77. The van der Waals surface area contributed by atoms with Crippen LogP contribution in [0.25, 0.3) is 0 Å². The van der Waals surface area contributed by atoms with Gasteiger partial charge in [0.25, 0.3) is 0 Å². The summed E-state index contributed by atoms with van der Waals surface area (Å²) >= 11 is 0. The lowest BCUT2D eigenvalue weighted by molar-refractivity contribution is -0.385. The van der Waals surface area contributed by atoms with Crippen LogP contribution in [0.4, 0.5) is 5.69 Å². The topological polar surface area (TPSA) is 78.4 Å². The minimum Gasteiger partial charge on any atom is -0.490 e. The number of nitro groups is 1. The van der Waals surface area contributed by atoms with Crippen LogP contribution < -0.4 is 10.5 Å². The average Bonchev–Trinajstić information content (AvgIpc) is 2.18. The van der Waals surface area contributed by atoms with Crippen molar-refractivity contribution in [2.45, 2.75) is 6.42 Å². The molecule has 5 heteroatoms. The van der Waals surface area contributed by atoms with E-state index in [2.05, 4.69) is 0 Å². The molecule has 0 aliphatic heterocycles. The Kier molecular flexibility index (Phi) is 3.41. The van der Waals surface area contributed by atoms with Crippen molar-refractivity contribution in [2.24, 2.45) is 5.73 Å². The maximum Gasteiger partial charge on any atom is 0.311 e. The summed E-state index contributed by atoms with van der Waals surface area (Å²) in [6.07, 6.45) is 0.574. The van der Waals surface area contributed by atoms with Gasteiger partial charge in [-0.2, -0.15) is 0 Å². The molecule has 2 N–H and O–H groups in total. The molecule has 0 saturated carbocycles. The molecule has 0 heterocycles. The molecule has 0 aliphatic carbocycles. The van der Waals surface area contributed by atoms with Gasteiger partial charge in [0.05, 0.1) is 12.0 Å². The first-order chi connectivity index (χ1) is 6.70. The van der Waals surface area contributed by atoms with Crippen LogP contribution in [0.15, 0.2) is 18.2 Å². The second kappa shape index (κ2) is 4.57. The highest BCUT2D eigenvalue weighted by Crippen LogP contribution is 2.30. The number of hydrogen-bond donors (Lipinski definition) is 1.